The third-order valence-electron chi connectivity index (χ3n) is 3.66. The average molecular weight is 295 g/mol. The molecule has 2 N–H and O–H groups in total. The third-order valence-corrected chi connectivity index (χ3v) is 3.66. The van der Waals surface area contributed by atoms with Crippen LogP contribution in [-0.4, -0.2) is 49.4 Å². The monoisotopic (exact) mass is 295 g/mol. The summed E-state index contributed by atoms with van der Waals surface area (Å²) in [4.78, 5) is 12.5. The van der Waals surface area contributed by atoms with Gasteiger partial charge in [-0.05, 0) is 19.4 Å². The maximum atomic E-state index is 11.0. The van der Waals surface area contributed by atoms with E-state index < -0.39 is 4.92 Å². The number of nitrogens with zero attached hydrogens (tertiary/aromatic N) is 2. The van der Waals surface area contributed by atoms with Crippen LogP contribution >= 0.6 is 0 Å². The second-order valence-electron chi connectivity index (χ2n) is 5.11. The number of aliphatic hydroxyl groups excluding tert-OH is 1. The number of anilines is 1. The predicted octanol–water partition coefficient (Wildman–Crippen LogP) is 1.15. The maximum Gasteiger partial charge on any atom is 0.275 e. The van der Waals surface area contributed by atoms with Crippen LogP contribution in [-0.2, 0) is 0 Å². The van der Waals surface area contributed by atoms with Gasteiger partial charge < -0.3 is 20.1 Å². The highest BCUT2D eigenvalue weighted by atomic mass is 16.6. The van der Waals surface area contributed by atoms with Crippen molar-refractivity contribution in [2.24, 2.45) is 0 Å². The molecule has 0 amide bonds. The molecule has 1 aliphatic heterocycles. The highest BCUT2D eigenvalue weighted by molar-refractivity contribution is 5.58. The Balaban J connectivity index is 2.24. The van der Waals surface area contributed by atoms with Crippen LogP contribution in [0.25, 0.3) is 0 Å². The minimum Gasteiger partial charge on any atom is -0.496 e. The van der Waals surface area contributed by atoms with Crippen molar-refractivity contribution in [1.29, 1.82) is 0 Å². The van der Waals surface area contributed by atoms with Crippen LogP contribution in [0.2, 0.25) is 0 Å². The van der Waals surface area contributed by atoms with Gasteiger partial charge in [-0.3, -0.25) is 10.1 Å². The Labute approximate surface area is 123 Å². The fourth-order valence-corrected chi connectivity index (χ4v) is 2.60. The lowest BCUT2D eigenvalue weighted by Crippen LogP contribution is -2.39. The number of ether oxygens (including phenoxy) is 1. The Morgan fingerprint density at radius 3 is 2.90 bits per heavy atom. The van der Waals surface area contributed by atoms with Crippen LogP contribution in [0.3, 0.4) is 0 Å². The van der Waals surface area contributed by atoms with Gasteiger partial charge >= 0.3 is 0 Å². The zero-order valence-electron chi connectivity index (χ0n) is 12.1. The number of hydrogen-bond donors (Lipinski definition) is 2. The number of nitro benzene ring substituents is 1. The van der Waals surface area contributed by atoms with Gasteiger partial charge in [-0.15, -0.1) is 0 Å². The molecule has 0 aliphatic carbocycles. The topological polar surface area (TPSA) is 87.9 Å². The van der Waals surface area contributed by atoms with Gasteiger partial charge in [0.25, 0.3) is 5.69 Å². The SMILES string of the molecule is COc1cc(N(CCO)CC2CCCN2)cc([N+](=O)[O-])c1. The van der Waals surface area contributed by atoms with E-state index in [4.69, 9.17) is 4.74 Å². The van der Waals surface area contributed by atoms with E-state index in [0.717, 1.165) is 19.4 Å². The Morgan fingerprint density at radius 1 is 1.52 bits per heavy atom. The summed E-state index contributed by atoms with van der Waals surface area (Å²) >= 11 is 0. The van der Waals surface area contributed by atoms with Crippen molar-refractivity contribution in [3.05, 3.63) is 28.3 Å². The summed E-state index contributed by atoms with van der Waals surface area (Å²) in [6.07, 6.45) is 2.21. The number of hydrogen-bond acceptors (Lipinski definition) is 6. The van der Waals surface area contributed by atoms with Gasteiger partial charge in [-0.25, -0.2) is 0 Å². The quantitative estimate of drug-likeness (QED) is 0.579. The van der Waals surface area contributed by atoms with Crippen molar-refractivity contribution in [2.45, 2.75) is 18.9 Å². The summed E-state index contributed by atoms with van der Waals surface area (Å²) in [5.41, 5.74) is 0.690. The lowest BCUT2D eigenvalue weighted by Gasteiger charge is -2.27. The molecular weight excluding hydrogens is 274 g/mol. The Hall–Kier alpha value is -1.86. The van der Waals surface area contributed by atoms with E-state index in [0.29, 0.717) is 30.6 Å². The van der Waals surface area contributed by atoms with Crippen molar-refractivity contribution < 1.29 is 14.8 Å². The normalized spacial score (nSPS) is 17.7. The molecule has 0 radical (unpaired) electrons. The van der Waals surface area contributed by atoms with Crippen LogP contribution in [0.1, 0.15) is 12.8 Å². The molecule has 2 rings (SSSR count). The smallest absolute Gasteiger partial charge is 0.275 e. The standard InChI is InChI=1S/C14H21N3O4/c1-21-14-8-12(7-13(9-14)17(19)20)16(5-6-18)10-11-3-2-4-15-11/h7-9,11,15,18H,2-6,10H2,1H3. The lowest BCUT2D eigenvalue weighted by atomic mass is 10.2. The van der Waals surface area contributed by atoms with Gasteiger partial charge in [0.05, 0.1) is 24.7 Å². The molecule has 7 heteroatoms. The molecule has 0 spiro atoms. The summed E-state index contributed by atoms with van der Waals surface area (Å²) in [6, 6.07) is 5.03. The van der Waals surface area contributed by atoms with E-state index in [-0.39, 0.29) is 12.3 Å². The molecule has 1 heterocycles. The Kier molecular flexibility index (Phi) is 5.35. The van der Waals surface area contributed by atoms with Gasteiger partial charge in [0.2, 0.25) is 0 Å². The minimum absolute atomic E-state index is 0.00225. The summed E-state index contributed by atoms with van der Waals surface area (Å²) in [7, 11) is 1.48. The molecule has 0 saturated carbocycles. The third kappa shape index (κ3) is 4.05. The van der Waals surface area contributed by atoms with Crippen molar-refractivity contribution in [3.8, 4) is 5.75 Å². The molecular formula is C14H21N3O4. The van der Waals surface area contributed by atoms with Crippen molar-refractivity contribution in [2.75, 3.05) is 38.3 Å². The number of methoxy groups -OCH3 is 1. The fraction of sp³-hybridized carbons (Fsp3) is 0.571. The van der Waals surface area contributed by atoms with E-state index in [1.807, 2.05) is 4.90 Å². The molecule has 1 atom stereocenters. The van der Waals surface area contributed by atoms with E-state index in [1.54, 1.807) is 6.07 Å². The molecule has 1 saturated heterocycles. The molecule has 7 nitrogen and oxygen atoms in total. The molecule has 21 heavy (non-hydrogen) atoms. The molecule has 0 bridgehead atoms. The highest BCUT2D eigenvalue weighted by Gasteiger charge is 2.20. The van der Waals surface area contributed by atoms with Crippen molar-refractivity contribution >= 4 is 11.4 Å². The van der Waals surface area contributed by atoms with Crippen molar-refractivity contribution in [3.63, 3.8) is 0 Å². The van der Waals surface area contributed by atoms with E-state index in [2.05, 4.69) is 5.32 Å². The van der Waals surface area contributed by atoms with Crippen LogP contribution in [0.4, 0.5) is 11.4 Å². The first-order valence-corrected chi connectivity index (χ1v) is 7.06. The van der Waals surface area contributed by atoms with Crippen molar-refractivity contribution in [1.82, 2.24) is 5.32 Å². The minimum atomic E-state index is -0.434. The average Bonchev–Trinajstić information content (AvgIpc) is 2.99. The number of rotatable bonds is 7. The maximum absolute atomic E-state index is 11.0. The largest absolute Gasteiger partial charge is 0.496 e. The summed E-state index contributed by atoms with van der Waals surface area (Å²) in [5, 5.41) is 23.7. The Bertz CT molecular complexity index is 489. The summed E-state index contributed by atoms with van der Waals surface area (Å²) in [5.74, 6) is 0.446. The molecule has 1 aromatic rings. The second-order valence-corrected chi connectivity index (χ2v) is 5.11. The molecule has 0 aromatic heterocycles. The number of benzene rings is 1. The molecule has 1 fully saturated rings. The van der Waals surface area contributed by atoms with Gasteiger partial charge in [0, 0.05) is 37.0 Å². The first-order chi connectivity index (χ1) is 10.1. The van der Waals surface area contributed by atoms with Crippen LogP contribution < -0.4 is 15.0 Å². The van der Waals surface area contributed by atoms with Gasteiger partial charge in [-0.1, -0.05) is 0 Å². The van der Waals surface area contributed by atoms with E-state index >= 15 is 0 Å². The fourth-order valence-electron chi connectivity index (χ4n) is 2.60. The lowest BCUT2D eigenvalue weighted by molar-refractivity contribution is -0.384. The first kappa shape index (κ1) is 15.5. The van der Waals surface area contributed by atoms with E-state index in [1.165, 1.54) is 19.2 Å². The van der Waals surface area contributed by atoms with E-state index in [9.17, 15) is 15.2 Å². The Morgan fingerprint density at radius 2 is 2.33 bits per heavy atom. The number of aliphatic hydroxyl groups is 1. The van der Waals surface area contributed by atoms with Gasteiger partial charge in [0.15, 0.2) is 0 Å². The zero-order chi connectivity index (χ0) is 15.2. The van der Waals surface area contributed by atoms with Gasteiger partial charge in [-0.2, -0.15) is 0 Å². The highest BCUT2D eigenvalue weighted by Crippen LogP contribution is 2.28. The molecule has 116 valence electrons. The van der Waals surface area contributed by atoms with Crippen LogP contribution in [0, 0.1) is 10.1 Å². The van der Waals surface area contributed by atoms with Gasteiger partial charge in [0.1, 0.15) is 5.75 Å². The van der Waals surface area contributed by atoms with Crippen LogP contribution in [0.5, 0.6) is 5.75 Å². The van der Waals surface area contributed by atoms with Crippen LogP contribution in [0.15, 0.2) is 18.2 Å². The number of nitrogens with one attached hydrogen (secondary N) is 1. The second kappa shape index (κ2) is 7.24. The molecule has 1 aliphatic rings. The first-order valence-electron chi connectivity index (χ1n) is 7.06. The molecule has 1 unspecified atom stereocenters. The zero-order valence-corrected chi connectivity index (χ0v) is 12.1. The predicted molar refractivity (Wildman–Crippen MR) is 80.0 cm³/mol. The number of nitro groups is 1. The molecule has 1 aromatic carbocycles. The summed E-state index contributed by atoms with van der Waals surface area (Å²) in [6.45, 7) is 2.14. The number of non-ortho nitro benzene ring substituents is 1. The summed E-state index contributed by atoms with van der Waals surface area (Å²) < 4.78 is 5.13.